The molecule has 0 aliphatic carbocycles. The quantitative estimate of drug-likeness (QED) is 0.801. The first-order valence-corrected chi connectivity index (χ1v) is 7.01. The van der Waals surface area contributed by atoms with Gasteiger partial charge in [0.25, 0.3) is 0 Å². The third-order valence-electron chi connectivity index (χ3n) is 3.32. The lowest BCUT2D eigenvalue weighted by Crippen LogP contribution is -2.40. The molecule has 1 aromatic carbocycles. The number of likely N-dealkylation sites (tertiary alicyclic amines) is 1. The van der Waals surface area contributed by atoms with Crippen LogP contribution < -0.4 is 4.74 Å². The van der Waals surface area contributed by atoms with Crippen LogP contribution in [0, 0.1) is 11.8 Å². The second-order valence-corrected chi connectivity index (χ2v) is 4.93. The molecule has 0 aromatic heterocycles. The fourth-order valence-electron chi connectivity index (χ4n) is 2.30. The lowest BCUT2D eigenvalue weighted by molar-refractivity contribution is 0.0633. The van der Waals surface area contributed by atoms with Crippen LogP contribution >= 0.6 is 0 Å². The van der Waals surface area contributed by atoms with Crippen LogP contribution in [0.15, 0.2) is 24.3 Å². The molecule has 1 heterocycles. The summed E-state index contributed by atoms with van der Waals surface area (Å²) in [6.45, 7) is 3.12. The molecule has 2 N–H and O–H groups in total. The van der Waals surface area contributed by atoms with E-state index in [-0.39, 0.29) is 12.7 Å². The minimum Gasteiger partial charge on any atom is -0.492 e. The average Bonchev–Trinajstić information content (AvgIpc) is 2.46. The van der Waals surface area contributed by atoms with Gasteiger partial charge in [0.1, 0.15) is 19.0 Å². The number of rotatable bonds is 4. The van der Waals surface area contributed by atoms with E-state index in [1.807, 2.05) is 24.3 Å². The summed E-state index contributed by atoms with van der Waals surface area (Å²) in [5.41, 5.74) is 0.866. The molecule has 0 radical (unpaired) electrons. The Bertz CT molecular complexity index is 461. The van der Waals surface area contributed by atoms with E-state index in [1.165, 1.54) is 0 Å². The normalized spacial score (nSPS) is 19.2. The lowest BCUT2D eigenvalue weighted by atomic mass is 10.1. The van der Waals surface area contributed by atoms with E-state index in [0.717, 1.165) is 43.8 Å². The van der Waals surface area contributed by atoms with Crippen LogP contribution in [-0.2, 0) is 0 Å². The predicted octanol–water partition coefficient (Wildman–Crippen LogP) is 0.866. The highest BCUT2D eigenvalue weighted by molar-refractivity contribution is 5.38. The van der Waals surface area contributed by atoms with Crippen LogP contribution in [0.1, 0.15) is 18.4 Å². The van der Waals surface area contributed by atoms with Crippen LogP contribution in [-0.4, -0.2) is 54.1 Å². The topological polar surface area (TPSA) is 52.9 Å². The van der Waals surface area contributed by atoms with E-state index in [4.69, 9.17) is 9.84 Å². The molecule has 0 bridgehead atoms. The van der Waals surface area contributed by atoms with Crippen LogP contribution in [0.4, 0.5) is 0 Å². The van der Waals surface area contributed by atoms with Gasteiger partial charge in [-0.15, -0.1) is 0 Å². The molecule has 20 heavy (non-hydrogen) atoms. The number of benzene rings is 1. The molecule has 0 saturated carbocycles. The number of hydrogen-bond acceptors (Lipinski definition) is 4. The van der Waals surface area contributed by atoms with Crippen molar-refractivity contribution in [3.05, 3.63) is 29.8 Å². The van der Waals surface area contributed by atoms with E-state index in [0.29, 0.717) is 6.61 Å². The molecule has 2 rings (SSSR count). The van der Waals surface area contributed by atoms with Crippen molar-refractivity contribution in [1.29, 1.82) is 0 Å². The lowest BCUT2D eigenvalue weighted by Gasteiger charge is -2.29. The minimum absolute atomic E-state index is 0.125. The Balaban J connectivity index is 1.73. The van der Waals surface area contributed by atoms with E-state index in [9.17, 15) is 5.11 Å². The zero-order valence-corrected chi connectivity index (χ0v) is 11.6. The molecule has 1 aliphatic heterocycles. The Hall–Kier alpha value is -1.54. The third kappa shape index (κ3) is 4.86. The van der Waals surface area contributed by atoms with E-state index < -0.39 is 0 Å². The van der Waals surface area contributed by atoms with Gasteiger partial charge in [-0.3, -0.25) is 4.90 Å². The van der Waals surface area contributed by atoms with Crippen LogP contribution in [0.2, 0.25) is 0 Å². The van der Waals surface area contributed by atoms with Gasteiger partial charge in [0.05, 0.1) is 6.10 Å². The standard InChI is InChI=1S/C16H21NO3/c18-11-2-3-14-5-7-16(8-6-14)20-12-10-17-9-1-4-15(19)13-17/h5-8,15,18-19H,1,4,9-13H2. The largest absolute Gasteiger partial charge is 0.492 e. The van der Waals surface area contributed by atoms with Gasteiger partial charge in [0, 0.05) is 18.7 Å². The van der Waals surface area contributed by atoms with Crippen molar-refractivity contribution >= 4 is 0 Å². The zero-order valence-electron chi connectivity index (χ0n) is 11.6. The number of ether oxygens (including phenoxy) is 1. The van der Waals surface area contributed by atoms with Gasteiger partial charge in [-0.2, -0.15) is 0 Å². The Morgan fingerprint density at radius 1 is 1.30 bits per heavy atom. The molecule has 1 aromatic rings. The van der Waals surface area contributed by atoms with Crippen molar-refractivity contribution in [2.24, 2.45) is 0 Å². The molecule has 1 fully saturated rings. The van der Waals surface area contributed by atoms with Gasteiger partial charge in [-0.25, -0.2) is 0 Å². The molecular weight excluding hydrogens is 254 g/mol. The summed E-state index contributed by atoms with van der Waals surface area (Å²) < 4.78 is 5.68. The maximum Gasteiger partial charge on any atom is 0.119 e. The average molecular weight is 275 g/mol. The van der Waals surface area contributed by atoms with Crippen molar-refractivity contribution in [3.63, 3.8) is 0 Å². The fourth-order valence-corrected chi connectivity index (χ4v) is 2.30. The van der Waals surface area contributed by atoms with Gasteiger partial charge in [0.15, 0.2) is 0 Å². The Labute approximate surface area is 120 Å². The second-order valence-electron chi connectivity index (χ2n) is 4.93. The summed E-state index contributed by atoms with van der Waals surface area (Å²) >= 11 is 0. The molecule has 0 amide bonds. The Morgan fingerprint density at radius 3 is 2.80 bits per heavy atom. The van der Waals surface area contributed by atoms with Gasteiger partial charge in [-0.1, -0.05) is 11.8 Å². The summed E-state index contributed by atoms with van der Waals surface area (Å²) in [7, 11) is 0. The van der Waals surface area contributed by atoms with Gasteiger partial charge < -0.3 is 14.9 Å². The van der Waals surface area contributed by atoms with E-state index in [2.05, 4.69) is 16.7 Å². The first kappa shape index (κ1) is 14.9. The summed E-state index contributed by atoms with van der Waals surface area (Å²) in [5, 5.41) is 18.2. The van der Waals surface area contributed by atoms with Crippen LogP contribution in [0.3, 0.4) is 0 Å². The monoisotopic (exact) mass is 275 g/mol. The summed E-state index contributed by atoms with van der Waals surface area (Å²) in [4.78, 5) is 2.23. The first-order valence-electron chi connectivity index (χ1n) is 7.01. The molecule has 1 saturated heterocycles. The summed E-state index contributed by atoms with van der Waals surface area (Å²) in [5.74, 6) is 6.27. The highest BCUT2D eigenvalue weighted by atomic mass is 16.5. The molecule has 1 unspecified atom stereocenters. The molecule has 4 nitrogen and oxygen atoms in total. The number of aliphatic hydroxyl groups is 2. The Kier molecular flexibility index (Phi) is 5.87. The van der Waals surface area contributed by atoms with Crippen LogP contribution in [0.5, 0.6) is 5.75 Å². The number of hydrogen-bond donors (Lipinski definition) is 2. The van der Waals surface area contributed by atoms with Crippen LogP contribution in [0.25, 0.3) is 0 Å². The van der Waals surface area contributed by atoms with Crippen molar-refractivity contribution in [2.75, 3.05) is 32.8 Å². The first-order chi connectivity index (χ1) is 9.78. The molecule has 4 heteroatoms. The van der Waals surface area contributed by atoms with Crippen molar-refractivity contribution in [1.82, 2.24) is 4.90 Å². The van der Waals surface area contributed by atoms with E-state index >= 15 is 0 Å². The smallest absolute Gasteiger partial charge is 0.119 e. The second kappa shape index (κ2) is 7.91. The minimum atomic E-state index is -0.187. The Morgan fingerprint density at radius 2 is 2.10 bits per heavy atom. The maximum atomic E-state index is 9.58. The molecule has 0 spiro atoms. The maximum absolute atomic E-state index is 9.58. The van der Waals surface area contributed by atoms with Gasteiger partial charge >= 0.3 is 0 Å². The fraction of sp³-hybridized carbons (Fsp3) is 0.500. The third-order valence-corrected chi connectivity index (χ3v) is 3.32. The summed E-state index contributed by atoms with van der Waals surface area (Å²) in [6.07, 6.45) is 1.78. The van der Waals surface area contributed by atoms with Gasteiger partial charge in [0.2, 0.25) is 0 Å². The SMILES string of the molecule is OCC#Cc1ccc(OCCN2CCCC(O)C2)cc1. The highest BCUT2D eigenvalue weighted by Crippen LogP contribution is 2.13. The molecular formula is C16H21NO3. The molecule has 108 valence electrons. The number of aliphatic hydroxyl groups excluding tert-OH is 2. The summed E-state index contributed by atoms with van der Waals surface area (Å²) in [6, 6.07) is 7.52. The predicted molar refractivity (Wildman–Crippen MR) is 77.6 cm³/mol. The number of piperidine rings is 1. The van der Waals surface area contributed by atoms with Gasteiger partial charge in [-0.05, 0) is 43.7 Å². The number of nitrogens with zero attached hydrogens (tertiary/aromatic N) is 1. The molecule has 1 atom stereocenters. The van der Waals surface area contributed by atoms with Crippen molar-refractivity contribution in [2.45, 2.75) is 18.9 Å². The zero-order chi connectivity index (χ0) is 14.2. The van der Waals surface area contributed by atoms with Crippen molar-refractivity contribution in [3.8, 4) is 17.6 Å². The van der Waals surface area contributed by atoms with Crippen molar-refractivity contribution < 1.29 is 14.9 Å². The molecule has 1 aliphatic rings. The highest BCUT2D eigenvalue weighted by Gasteiger charge is 2.16. The van der Waals surface area contributed by atoms with E-state index in [1.54, 1.807) is 0 Å². The number of β-amino-alcohol motifs (C(OH)–C–C–N with tert-alkyl or cyclic N) is 1.